The second-order valence-electron chi connectivity index (χ2n) is 8.24. The van der Waals surface area contributed by atoms with Crippen molar-refractivity contribution < 1.29 is 19.1 Å². The molecule has 3 rings (SSSR count). The average Bonchev–Trinajstić information content (AvgIpc) is 3.55. The minimum Gasteiger partial charge on any atom is -0.466 e. The highest BCUT2D eigenvalue weighted by Crippen LogP contribution is 2.31. The summed E-state index contributed by atoms with van der Waals surface area (Å²) in [5.41, 5.74) is 1.78. The van der Waals surface area contributed by atoms with Crippen molar-refractivity contribution in [3.63, 3.8) is 0 Å². The van der Waals surface area contributed by atoms with Crippen molar-refractivity contribution >= 4 is 17.8 Å². The fourth-order valence-electron chi connectivity index (χ4n) is 3.86. The largest absolute Gasteiger partial charge is 0.466 e. The summed E-state index contributed by atoms with van der Waals surface area (Å²) in [6.45, 7) is 6.38. The number of hydrogen-bond acceptors (Lipinski definition) is 4. The van der Waals surface area contributed by atoms with Crippen LogP contribution in [0.4, 0.5) is 0 Å². The Morgan fingerprint density at radius 3 is 2.52 bits per heavy atom. The minimum absolute atomic E-state index is 0.0113. The van der Waals surface area contributed by atoms with Gasteiger partial charge in [0.15, 0.2) is 0 Å². The molecular weight excluding hydrogens is 368 g/mol. The van der Waals surface area contributed by atoms with Crippen molar-refractivity contribution in [1.29, 1.82) is 0 Å². The quantitative estimate of drug-likeness (QED) is 0.629. The summed E-state index contributed by atoms with van der Waals surface area (Å²) in [7, 11) is 0. The Morgan fingerprint density at radius 2 is 1.86 bits per heavy atom. The number of amides is 2. The van der Waals surface area contributed by atoms with E-state index < -0.39 is 0 Å². The Labute approximate surface area is 173 Å². The van der Waals surface area contributed by atoms with Crippen LogP contribution in [0.5, 0.6) is 0 Å². The van der Waals surface area contributed by atoms with Crippen molar-refractivity contribution in [2.45, 2.75) is 46.0 Å². The number of carbonyl (C=O) groups excluding carboxylic acids is 3. The van der Waals surface area contributed by atoms with E-state index in [0.29, 0.717) is 44.3 Å². The lowest BCUT2D eigenvalue weighted by molar-refractivity contribution is -0.144. The molecule has 0 aromatic heterocycles. The topological polar surface area (TPSA) is 66.9 Å². The molecule has 2 aliphatic rings. The van der Waals surface area contributed by atoms with E-state index in [1.54, 1.807) is 11.8 Å². The number of benzene rings is 1. The lowest BCUT2D eigenvalue weighted by Gasteiger charge is -2.35. The standard InChI is InChI=1S/C23H32N2O4/c1-3-29-21(26)12-14-25(15-18-8-9-18)23(28)20-5-4-13-24(16-20)22(27)19-10-6-17(2)7-11-19/h6-7,10-11,18,20H,3-5,8-9,12-16H2,1-2H3. The molecule has 1 unspecified atom stereocenters. The van der Waals surface area contributed by atoms with Crippen LogP contribution in [0.1, 0.15) is 54.9 Å². The first-order chi connectivity index (χ1) is 14.0. The molecule has 2 fully saturated rings. The maximum Gasteiger partial charge on any atom is 0.307 e. The van der Waals surface area contributed by atoms with Gasteiger partial charge in [0.1, 0.15) is 0 Å². The van der Waals surface area contributed by atoms with Gasteiger partial charge in [0, 0.05) is 31.7 Å². The maximum atomic E-state index is 13.2. The molecule has 1 heterocycles. The lowest BCUT2D eigenvalue weighted by atomic mass is 9.95. The summed E-state index contributed by atoms with van der Waals surface area (Å²) < 4.78 is 5.01. The van der Waals surface area contributed by atoms with Gasteiger partial charge in [0.25, 0.3) is 5.91 Å². The monoisotopic (exact) mass is 400 g/mol. The van der Waals surface area contributed by atoms with E-state index in [-0.39, 0.29) is 30.1 Å². The molecule has 1 aliphatic carbocycles. The molecule has 0 N–H and O–H groups in total. The molecule has 1 atom stereocenters. The van der Waals surface area contributed by atoms with Crippen LogP contribution < -0.4 is 0 Å². The molecule has 6 nitrogen and oxygen atoms in total. The summed E-state index contributed by atoms with van der Waals surface area (Å²) in [5.74, 6) is 0.153. The molecule has 0 bridgehead atoms. The van der Waals surface area contributed by atoms with Crippen LogP contribution >= 0.6 is 0 Å². The number of aryl methyl sites for hydroxylation is 1. The van der Waals surface area contributed by atoms with Gasteiger partial charge in [0.05, 0.1) is 18.9 Å². The van der Waals surface area contributed by atoms with Crippen molar-refractivity contribution in [2.24, 2.45) is 11.8 Å². The molecule has 1 saturated carbocycles. The van der Waals surface area contributed by atoms with Gasteiger partial charge in [-0.2, -0.15) is 0 Å². The third-order valence-corrected chi connectivity index (χ3v) is 5.73. The number of carbonyl (C=O) groups is 3. The van der Waals surface area contributed by atoms with Gasteiger partial charge >= 0.3 is 5.97 Å². The predicted molar refractivity (Wildman–Crippen MR) is 110 cm³/mol. The SMILES string of the molecule is CCOC(=O)CCN(CC1CC1)C(=O)C1CCCN(C(=O)c2ccc(C)cc2)C1. The molecule has 1 aromatic rings. The molecule has 1 saturated heterocycles. The zero-order valence-corrected chi connectivity index (χ0v) is 17.6. The van der Waals surface area contributed by atoms with Gasteiger partial charge in [-0.3, -0.25) is 14.4 Å². The number of rotatable bonds is 8. The molecule has 2 amide bonds. The van der Waals surface area contributed by atoms with Crippen molar-refractivity contribution in [2.75, 3.05) is 32.8 Å². The number of hydrogen-bond donors (Lipinski definition) is 0. The Hall–Kier alpha value is -2.37. The van der Waals surface area contributed by atoms with Gasteiger partial charge in [-0.1, -0.05) is 17.7 Å². The average molecular weight is 401 g/mol. The van der Waals surface area contributed by atoms with Gasteiger partial charge < -0.3 is 14.5 Å². The summed E-state index contributed by atoms with van der Waals surface area (Å²) in [4.78, 5) is 41.5. The highest BCUT2D eigenvalue weighted by molar-refractivity contribution is 5.94. The van der Waals surface area contributed by atoms with Crippen LogP contribution in [0.25, 0.3) is 0 Å². The number of piperidine rings is 1. The Balaban J connectivity index is 1.61. The van der Waals surface area contributed by atoms with E-state index >= 15 is 0 Å². The Morgan fingerprint density at radius 1 is 1.14 bits per heavy atom. The molecule has 0 spiro atoms. The second kappa shape index (κ2) is 9.90. The van der Waals surface area contributed by atoms with E-state index in [0.717, 1.165) is 31.2 Å². The first-order valence-corrected chi connectivity index (χ1v) is 10.8. The predicted octanol–water partition coefficient (Wildman–Crippen LogP) is 3.04. The number of likely N-dealkylation sites (tertiary alicyclic amines) is 1. The van der Waals surface area contributed by atoms with E-state index in [1.807, 2.05) is 36.1 Å². The Bertz CT molecular complexity index is 727. The van der Waals surface area contributed by atoms with Crippen LogP contribution in [-0.2, 0) is 14.3 Å². The normalized spacial score (nSPS) is 19.0. The smallest absolute Gasteiger partial charge is 0.307 e. The molecule has 1 aliphatic heterocycles. The molecule has 1 aromatic carbocycles. The highest BCUT2D eigenvalue weighted by atomic mass is 16.5. The first kappa shape index (κ1) is 21.3. The Kier molecular flexibility index (Phi) is 7.29. The first-order valence-electron chi connectivity index (χ1n) is 10.8. The summed E-state index contributed by atoms with van der Waals surface area (Å²) in [6.07, 6.45) is 4.13. The second-order valence-corrected chi connectivity index (χ2v) is 8.24. The lowest BCUT2D eigenvalue weighted by Crippen LogP contribution is -2.47. The fourth-order valence-corrected chi connectivity index (χ4v) is 3.86. The molecule has 0 radical (unpaired) electrons. The third kappa shape index (κ3) is 6.05. The van der Waals surface area contributed by atoms with E-state index in [2.05, 4.69) is 0 Å². The third-order valence-electron chi connectivity index (χ3n) is 5.73. The summed E-state index contributed by atoms with van der Waals surface area (Å²) >= 11 is 0. The van der Waals surface area contributed by atoms with Crippen molar-refractivity contribution in [3.05, 3.63) is 35.4 Å². The van der Waals surface area contributed by atoms with Crippen LogP contribution in [0.2, 0.25) is 0 Å². The number of nitrogens with zero attached hydrogens (tertiary/aromatic N) is 2. The van der Waals surface area contributed by atoms with Gasteiger partial charge in [-0.05, 0) is 57.6 Å². The molecule has 158 valence electrons. The zero-order valence-electron chi connectivity index (χ0n) is 17.6. The minimum atomic E-state index is -0.263. The number of esters is 1. The highest BCUT2D eigenvalue weighted by Gasteiger charge is 2.34. The fraction of sp³-hybridized carbons (Fsp3) is 0.609. The van der Waals surface area contributed by atoms with Crippen LogP contribution in [0.3, 0.4) is 0 Å². The molecule has 29 heavy (non-hydrogen) atoms. The van der Waals surface area contributed by atoms with Crippen LogP contribution in [0, 0.1) is 18.8 Å². The van der Waals surface area contributed by atoms with E-state index in [4.69, 9.17) is 4.74 Å². The van der Waals surface area contributed by atoms with Crippen LogP contribution in [0.15, 0.2) is 24.3 Å². The van der Waals surface area contributed by atoms with Crippen LogP contribution in [-0.4, -0.2) is 60.4 Å². The maximum absolute atomic E-state index is 13.2. The van der Waals surface area contributed by atoms with E-state index in [1.165, 1.54) is 0 Å². The van der Waals surface area contributed by atoms with Gasteiger partial charge in [0.2, 0.25) is 5.91 Å². The number of ether oxygens (including phenoxy) is 1. The van der Waals surface area contributed by atoms with Gasteiger partial charge in [-0.15, -0.1) is 0 Å². The van der Waals surface area contributed by atoms with Gasteiger partial charge in [-0.25, -0.2) is 0 Å². The summed E-state index contributed by atoms with van der Waals surface area (Å²) in [5, 5.41) is 0. The van der Waals surface area contributed by atoms with Crippen molar-refractivity contribution in [1.82, 2.24) is 9.80 Å². The van der Waals surface area contributed by atoms with E-state index in [9.17, 15) is 14.4 Å². The summed E-state index contributed by atoms with van der Waals surface area (Å²) in [6, 6.07) is 7.57. The van der Waals surface area contributed by atoms with Crippen molar-refractivity contribution in [3.8, 4) is 0 Å². The molecule has 6 heteroatoms. The molecular formula is C23H32N2O4. The zero-order chi connectivity index (χ0) is 20.8.